The molecule has 0 aliphatic carbocycles. The van der Waals surface area contributed by atoms with Crippen molar-refractivity contribution in [1.29, 1.82) is 0 Å². The minimum Gasteiger partial charge on any atom is -0.311 e. The first kappa shape index (κ1) is 14.1. The number of hydrogen-bond donors (Lipinski definition) is 1. The summed E-state index contributed by atoms with van der Waals surface area (Å²) in [6, 6.07) is 2.30. The summed E-state index contributed by atoms with van der Waals surface area (Å²) in [6.07, 6.45) is 8.71. The topological polar surface area (TPSA) is 33.1 Å². The summed E-state index contributed by atoms with van der Waals surface area (Å²) >= 11 is 0. The Labute approximate surface area is 122 Å². The van der Waals surface area contributed by atoms with E-state index in [1.54, 1.807) is 0 Å². The lowest BCUT2D eigenvalue weighted by Crippen LogP contribution is -2.48. The first-order valence-electron chi connectivity index (χ1n) is 8.15. The van der Waals surface area contributed by atoms with Crippen molar-refractivity contribution in [3.63, 3.8) is 0 Å². The number of aryl methyl sites for hydroxylation is 1. The third-order valence-corrected chi connectivity index (χ3v) is 5.19. The van der Waals surface area contributed by atoms with Gasteiger partial charge in [0.25, 0.3) is 0 Å². The van der Waals surface area contributed by atoms with Crippen molar-refractivity contribution in [3.8, 4) is 0 Å². The summed E-state index contributed by atoms with van der Waals surface area (Å²) in [5.41, 5.74) is 2.70. The molecule has 0 saturated carbocycles. The fraction of sp³-hybridized carbons (Fsp3) is 0.812. The molecule has 1 aromatic rings. The third kappa shape index (κ3) is 2.77. The first-order valence-corrected chi connectivity index (χ1v) is 8.15. The molecular formula is C16H28N4. The molecule has 2 fully saturated rings. The maximum Gasteiger partial charge on any atom is 0.0537 e. The largest absolute Gasteiger partial charge is 0.311 e. The molecule has 2 aliphatic heterocycles. The van der Waals surface area contributed by atoms with E-state index in [1.165, 1.54) is 49.9 Å². The summed E-state index contributed by atoms with van der Waals surface area (Å²) in [6.45, 7) is 6.74. The number of aromatic nitrogens is 2. The quantitative estimate of drug-likeness (QED) is 0.895. The minimum atomic E-state index is 0.758. The lowest BCUT2D eigenvalue weighted by molar-refractivity contribution is 0.133. The van der Waals surface area contributed by atoms with Crippen molar-refractivity contribution in [2.75, 3.05) is 6.54 Å². The number of nitrogens with zero attached hydrogens (tertiary/aromatic N) is 3. The lowest BCUT2D eigenvalue weighted by Gasteiger charge is -2.37. The van der Waals surface area contributed by atoms with Crippen LogP contribution < -0.4 is 5.32 Å². The second-order valence-electron chi connectivity index (χ2n) is 6.61. The van der Waals surface area contributed by atoms with Gasteiger partial charge in [-0.1, -0.05) is 6.92 Å². The number of hydrogen-bond acceptors (Lipinski definition) is 3. The van der Waals surface area contributed by atoms with Gasteiger partial charge in [0.2, 0.25) is 0 Å². The van der Waals surface area contributed by atoms with Gasteiger partial charge in [0.1, 0.15) is 0 Å². The van der Waals surface area contributed by atoms with Crippen LogP contribution in [0, 0.1) is 6.92 Å². The molecular weight excluding hydrogens is 248 g/mol. The van der Waals surface area contributed by atoms with Crippen molar-refractivity contribution < 1.29 is 0 Å². The molecule has 2 bridgehead atoms. The van der Waals surface area contributed by atoms with E-state index < -0.39 is 0 Å². The van der Waals surface area contributed by atoms with Gasteiger partial charge in [-0.25, -0.2) is 0 Å². The van der Waals surface area contributed by atoms with Gasteiger partial charge in [0.15, 0.2) is 0 Å². The lowest BCUT2D eigenvalue weighted by atomic mass is 9.97. The van der Waals surface area contributed by atoms with Crippen LogP contribution in [0.1, 0.15) is 50.3 Å². The predicted octanol–water partition coefficient (Wildman–Crippen LogP) is 2.22. The van der Waals surface area contributed by atoms with Crippen LogP contribution in [0.15, 0.2) is 6.20 Å². The Bertz CT molecular complexity index is 441. The highest BCUT2D eigenvalue weighted by molar-refractivity contribution is 5.16. The van der Waals surface area contributed by atoms with Crippen molar-refractivity contribution in [3.05, 3.63) is 17.5 Å². The summed E-state index contributed by atoms with van der Waals surface area (Å²) in [7, 11) is 2.04. The van der Waals surface area contributed by atoms with Crippen LogP contribution in [0.5, 0.6) is 0 Å². The smallest absolute Gasteiger partial charge is 0.0537 e. The number of piperidine rings is 1. The van der Waals surface area contributed by atoms with Crippen LogP contribution in [0.4, 0.5) is 0 Å². The van der Waals surface area contributed by atoms with Gasteiger partial charge in [-0.05, 0) is 45.6 Å². The Morgan fingerprint density at radius 2 is 2.05 bits per heavy atom. The second-order valence-corrected chi connectivity index (χ2v) is 6.61. The molecule has 0 aromatic carbocycles. The number of nitrogens with one attached hydrogen (secondary N) is 1. The Balaban J connectivity index is 1.70. The molecule has 1 aromatic heterocycles. The van der Waals surface area contributed by atoms with Crippen molar-refractivity contribution in [2.45, 2.75) is 70.6 Å². The molecule has 2 aliphatic rings. The molecule has 2 unspecified atom stereocenters. The Hall–Kier alpha value is -0.870. The maximum atomic E-state index is 4.39. The van der Waals surface area contributed by atoms with E-state index in [9.17, 15) is 0 Å². The molecule has 2 saturated heterocycles. The van der Waals surface area contributed by atoms with Crippen LogP contribution in [0.3, 0.4) is 0 Å². The molecule has 3 rings (SSSR count). The maximum absolute atomic E-state index is 4.39. The zero-order chi connectivity index (χ0) is 14.1. The molecule has 20 heavy (non-hydrogen) atoms. The van der Waals surface area contributed by atoms with Crippen LogP contribution in [0.25, 0.3) is 0 Å². The number of rotatable bonds is 5. The van der Waals surface area contributed by atoms with Gasteiger partial charge in [0, 0.05) is 43.0 Å². The molecule has 2 atom stereocenters. The Kier molecular flexibility index (Phi) is 4.13. The highest BCUT2D eigenvalue weighted by Gasteiger charge is 2.35. The van der Waals surface area contributed by atoms with Gasteiger partial charge in [-0.3, -0.25) is 9.58 Å². The van der Waals surface area contributed by atoms with E-state index in [1.807, 2.05) is 17.9 Å². The van der Waals surface area contributed by atoms with Gasteiger partial charge >= 0.3 is 0 Å². The highest BCUT2D eigenvalue weighted by Crippen LogP contribution is 2.30. The fourth-order valence-electron chi connectivity index (χ4n) is 3.92. The van der Waals surface area contributed by atoms with E-state index in [2.05, 4.69) is 29.2 Å². The van der Waals surface area contributed by atoms with Crippen LogP contribution >= 0.6 is 0 Å². The van der Waals surface area contributed by atoms with Crippen molar-refractivity contribution >= 4 is 0 Å². The van der Waals surface area contributed by atoms with Crippen LogP contribution in [-0.2, 0) is 13.6 Å². The summed E-state index contributed by atoms with van der Waals surface area (Å²) in [4.78, 5) is 2.70. The standard InChI is InChI=1S/C16H28N4/c1-4-7-20(11-13-10-17-19(3)12(13)2)16-8-14-5-6-15(9-16)18-14/h10,14-16,18H,4-9,11H2,1-3H3. The van der Waals surface area contributed by atoms with Gasteiger partial charge in [-0.2, -0.15) is 5.10 Å². The van der Waals surface area contributed by atoms with E-state index in [-0.39, 0.29) is 0 Å². The summed E-state index contributed by atoms with van der Waals surface area (Å²) in [5.74, 6) is 0. The molecule has 112 valence electrons. The third-order valence-electron chi connectivity index (χ3n) is 5.19. The molecule has 0 spiro atoms. The summed E-state index contributed by atoms with van der Waals surface area (Å²) < 4.78 is 1.99. The fourth-order valence-corrected chi connectivity index (χ4v) is 3.92. The number of fused-ring (bicyclic) bond motifs is 2. The van der Waals surface area contributed by atoms with Crippen molar-refractivity contribution in [1.82, 2.24) is 20.0 Å². The Morgan fingerprint density at radius 1 is 1.35 bits per heavy atom. The molecule has 4 nitrogen and oxygen atoms in total. The highest BCUT2D eigenvalue weighted by atomic mass is 15.3. The zero-order valence-corrected chi connectivity index (χ0v) is 13.1. The molecule has 4 heteroatoms. The van der Waals surface area contributed by atoms with Crippen molar-refractivity contribution in [2.24, 2.45) is 7.05 Å². The molecule has 0 radical (unpaired) electrons. The zero-order valence-electron chi connectivity index (χ0n) is 13.1. The second kappa shape index (κ2) is 5.86. The molecule has 0 amide bonds. The van der Waals surface area contributed by atoms with Gasteiger partial charge in [-0.15, -0.1) is 0 Å². The van der Waals surface area contributed by atoms with E-state index >= 15 is 0 Å². The monoisotopic (exact) mass is 276 g/mol. The predicted molar refractivity (Wildman–Crippen MR) is 81.6 cm³/mol. The van der Waals surface area contributed by atoms with E-state index in [4.69, 9.17) is 0 Å². The normalized spacial score (nSPS) is 29.3. The van der Waals surface area contributed by atoms with Gasteiger partial charge < -0.3 is 5.32 Å². The first-order chi connectivity index (χ1) is 9.67. The average molecular weight is 276 g/mol. The molecule has 3 heterocycles. The van der Waals surface area contributed by atoms with E-state index in [0.717, 1.165) is 24.7 Å². The molecule has 1 N–H and O–H groups in total. The summed E-state index contributed by atoms with van der Waals surface area (Å²) in [5, 5.41) is 8.15. The van der Waals surface area contributed by atoms with Crippen LogP contribution in [-0.4, -0.2) is 39.4 Å². The van der Waals surface area contributed by atoms with E-state index in [0.29, 0.717) is 0 Å². The minimum absolute atomic E-state index is 0.758. The average Bonchev–Trinajstić information content (AvgIpc) is 2.94. The van der Waals surface area contributed by atoms with Gasteiger partial charge in [0.05, 0.1) is 6.20 Å². The SMILES string of the molecule is CCCN(Cc1cnn(C)c1C)C1CC2CCC(C1)N2. The van der Waals surface area contributed by atoms with Crippen LogP contribution in [0.2, 0.25) is 0 Å². The Morgan fingerprint density at radius 3 is 2.60 bits per heavy atom.